The smallest absolute Gasteiger partial charge is 0.226 e. The van der Waals surface area contributed by atoms with Gasteiger partial charge in [0.25, 0.3) is 0 Å². The molecule has 0 spiro atoms. The van der Waals surface area contributed by atoms with Gasteiger partial charge in [0.2, 0.25) is 5.91 Å². The van der Waals surface area contributed by atoms with Crippen LogP contribution < -0.4 is 15.4 Å². The molecule has 7 heteroatoms. The number of hydrogen-bond donors (Lipinski definition) is 1. The lowest BCUT2D eigenvalue weighted by atomic mass is 9.98. The van der Waals surface area contributed by atoms with E-state index in [9.17, 15) is 14.0 Å². The second-order valence-corrected chi connectivity index (χ2v) is 7.36. The number of anilines is 2. The molecule has 0 aliphatic carbocycles. The van der Waals surface area contributed by atoms with Gasteiger partial charge in [-0.2, -0.15) is 0 Å². The van der Waals surface area contributed by atoms with Crippen LogP contribution in [0.1, 0.15) is 35.7 Å². The van der Waals surface area contributed by atoms with E-state index >= 15 is 0 Å². The van der Waals surface area contributed by atoms with Gasteiger partial charge in [-0.3, -0.25) is 9.59 Å². The summed E-state index contributed by atoms with van der Waals surface area (Å²) in [5, 5.41) is 0. The zero-order chi connectivity index (χ0) is 23.3. The van der Waals surface area contributed by atoms with Gasteiger partial charge < -0.3 is 15.4 Å². The number of ether oxygens (including phenoxy) is 1. The van der Waals surface area contributed by atoms with Crippen molar-refractivity contribution >= 4 is 23.2 Å². The molecule has 1 heterocycles. The van der Waals surface area contributed by atoms with Crippen LogP contribution >= 0.6 is 0 Å². The van der Waals surface area contributed by atoms with Crippen LogP contribution in [0.25, 0.3) is 11.1 Å². The van der Waals surface area contributed by atoms with Crippen molar-refractivity contribution in [2.75, 3.05) is 24.8 Å². The number of hydrogen-bond acceptors (Lipinski definition) is 5. The third kappa shape index (κ3) is 4.94. The Hall–Kier alpha value is -3.74. The number of methoxy groups -OCH3 is 1. The number of benzene rings is 2. The average Bonchev–Trinajstić information content (AvgIpc) is 2.81. The topological polar surface area (TPSA) is 85.5 Å². The molecule has 1 aromatic heterocycles. The van der Waals surface area contributed by atoms with Gasteiger partial charge in [0.05, 0.1) is 12.8 Å². The summed E-state index contributed by atoms with van der Waals surface area (Å²) in [5.74, 6) is 0.138. The Morgan fingerprint density at radius 1 is 1.16 bits per heavy atom. The van der Waals surface area contributed by atoms with Crippen molar-refractivity contribution in [3.05, 3.63) is 71.7 Å². The summed E-state index contributed by atoms with van der Waals surface area (Å²) in [7, 11) is 3.05. The molecule has 0 unspecified atom stereocenters. The first-order chi connectivity index (χ1) is 15.3. The Morgan fingerprint density at radius 2 is 1.94 bits per heavy atom. The molecule has 166 valence electrons. The van der Waals surface area contributed by atoms with Gasteiger partial charge in [-0.05, 0) is 47.9 Å². The zero-order valence-corrected chi connectivity index (χ0v) is 18.4. The maximum absolute atomic E-state index is 14.7. The van der Waals surface area contributed by atoms with Crippen LogP contribution in [0.3, 0.4) is 0 Å². The van der Waals surface area contributed by atoms with Gasteiger partial charge in [0, 0.05) is 37.2 Å². The van der Waals surface area contributed by atoms with Crippen molar-refractivity contribution in [1.82, 2.24) is 4.98 Å². The monoisotopic (exact) mass is 435 g/mol. The largest absolute Gasteiger partial charge is 0.496 e. The van der Waals surface area contributed by atoms with Crippen LogP contribution in [-0.4, -0.2) is 30.8 Å². The van der Waals surface area contributed by atoms with E-state index in [0.717, 1.165) is 5.56 Å². The number of amides is 1. The van der Waals surface area contributed by atoms with E-state index in [1.54, 1.807) is 56.6 Å². The number of nitrogens with two attached hydrogens (primary N) is 1. The molecule has 0 fully saturated rings. The normalized spacial score (nSPS) is 10.6. The number of aryl methyl sites for hydroxylation is 1. The van der Waals surface area contributed by atoms with Gasteiger partial charge in [-0.15, -0.1) is 0 Å². The standard InChI is InChI=1S/C25H26FN3O3/c1-4-24(31)29(2)21-11-8-17(14-20(21)26)19-10-7-18(15-23(19)32-3)22(30)12-9-16-6-5-13-28-25(16)27/h5-8,10-11,13-15H,4,9,12H2,1-3H3,(H2,27,28). The number of carbonyl (C=O) groups excluding carboxylic acids is 2. The first-order valence-corrected chi connectivity index (χ1v) is 10.3. The van der Waals surface area contributed by atoms with Crippen LogP contribution in [0.2, 0.25) is 0 Å². The summed E-state index contributed by atoms with van der Waals surface area (Å²) in [6.07, 6.45) is 2.66. The second kappa shape index (κ2) is 10.0. The number of rotatable bonds is 8. The molecular formula is C25H26FN3O3. The Kier molecular flexibility index (Phi) is 7.20. The Bertz CT molecular complexity index is 1150. The van der Waals surface area contributed by atoms with Crippen molar-refractivity contribution < 1.29 is 18.7 Å². The molecule has 3 rings (SSSR count). The maximum Gasteiger partial charge on any atom is 0.226 e. The predicted octanol–water partition coefficient (Wildman–Crippen LogP) is 4.67. The highest BCUT2D eigenvalue weighted by Crippen LogP contribution is 2.34. The second-order valence-electron chi connectivity index (χ2n) is 7.36. The number of ketones is 1. The summed E-state index contributed by atoms with van der Waals surface area (Å²) in [4.78, 5) is 29.9. The van der Waals surface area contributed by atoms with E-state index in [-0.39, 0.29) is 30.2 Å². The van der Waals surface area contributed by atoms with Crippen molar-refractivity contribution in [3.8, 4) is 16.9 Å². The molecule has 0 atom stereocenters. The highest BCUT2D eigenvalue weighted by Gasteiger charge is 2.17. The number of carbonyl (C=O) groups is 2. The number of nitrogen functional groups attached to an aromatic ring is 1. The lowest BCUT2D eigenvalue weighted by Crippen LogP contribution is -2.25. The molecule has 2 N–H and O–H groups in total. The fraction of sp³-hybridized carbons (Fsp3) is 0.240. The van der Waals surface area contributed by atoms with E-state index < -0.39 is 5.82 Å². The summed E-state index contributed by atoms with van der Waals surface area (Å²) in [6.45, 7) is 1.73. The highest BCUT2D eigenvalue weighted by molar-refractivity contribution is 5.97. The van der Waals surface area contributed by atoms with Crippen molar-refractivity contribution in [1.29, 1.82) is 0 Å². The molecule has 32 heavy (non-hydrogen) atoms. The molecule has 6 nitrogen and oxygen atoms in total. The fourth-order valence-electron chi connectivity index (χ4n) is 3.48. The summed E-state index contributed by atoms with van der Waals surface area (Å²) >= 11 is 0. The number of pyridine rings is 1. The van der Waals surface area contributed by atoms with Gasteiger partial charge >= 0.3 is 0 Å². The first-order valence-electron chi connectivity index (χ1n) is 10.3. The van der Waals surface area contributed by atoms with E-state index in [1.165, 1.54) is 18.1 Å². The zero-order valence-electron chi connectivity index (χ0n) is 18.4. The van der Waals surface area contributed by atoms with E-state index in [4.69, 9.17) is 10.5 Å². The maximum atomic E-state index is 14.7. The third-order valence-electron chi connectivity index (χ3n) is 5.37. The SMILES string of the molecule is CCC(=O)N(C)c1ccc(-c2ccc(C(=O)CCc3cccnc3N)cc2OC)cc1F. The summed E-state index contributed by atoms with van der Waals surface area (Å²) in [5.41, 5.74) is 8.61. The van der Waals surface area contributed by atoms with Gasteiger partial charge in [-0.1, -0.05) is 25.1 Å². The van der Waals surface area contributed by atoms with E-state index in [2.05, 4.69) is 4.98 Å². The number of halogens is 1. The van der Waals surface area contributed by atoms with Gasteiger partial charge in [-0.25, -0.2) is 9.37 Å². The highest BCUT2D eigenvalue weighted by atomic mass is 19.1. The minimum Gasteiger partial charge on any atom is -0.496 e. The Balaban J connectivity index is 1.82. The fourth-order valence-corrected chi connectivity index (χ4v) is 3.48. The van der Waals surface area contributed by atoms with E-state index in [1.807, 2.05) is 6.07 Å². The lowest BCUT2D eigenvalue weighted by molar-refractivity contribution is -0.118. The molecule has 3 aromatic rings. The molecular weight excluding hydrogens is 409 g/mol. The van der Waals surface area contributed by atoms with Gasteiger partial charge in [0.15, 0.2) is 5.78 Å². The Labute approximate surface area is 186 Å². The summed E-state index contributed by atoms with van der Waals surface area (Å²) < 4.78 is 20.2. The summed E-state index contributed by atoms with van der Waals surface area (Å²) in [6, 6.07) is 13.4. The minimum atomic E-state index is -0.511. The number of nitrogens with zero attached hydrogens (tertiary/aromatic N) is 2. The third-order valence-corrected chi connectivity index (χ3v) is 5.37. The molecule has 0 radical (unpaired) electrons. The van der Waals surface area contributed by atoms with Crippen molar-refractivity contribution in [3.63, 3.8) is 0 Å². The van der Waals surface area contributed by atoms with Crippen molar-refractivity contribution in [2.24, 2.45) is 0 Å². The molecule has 0 saturated heterocycles. The average molecular weight is 435 g/mol. The molecule has 2 aromatic carbocycles. The Morgan fingerprint density at radius 3 is 2.59 bits per heavy atom. The van der Waals surface area contributed by atoms with Crippen LogP contribution in [-0.2, 0) is 11.2 Å². The van der Waals surface area contributed by atoms with Crippen LogP contribution in [0.4, 0.5) is 15.9 Å². The lowest BCUT2D eigenvalue weighted by Gasteiger charge is -2.18. The molecule has 0 saturated carbocycles. The van der Waals surface area contributed by atoms with E-state index in [0.29, 0.717) is 34.7 Å². The molecule has 0 bridgehead atoms. The van der Waals surface area contributed by atoms with Crippen LogP contribution in [0, 0.1) is 5.82 Å². The molecule has 0 aliphatic heterocycles. The van der Waals surface area contributed by atoms with Gasteiger partial charge in [0.1, 0.15) is 17.4 Å². The quantitative estimate of drug-likeness (QED) is 0.520. The molecule has 0 aliphatic rings. The van der Waals surface area contributed by atoms with Crippen LogP contribution in [0.15, 0.2) is 54.7 Å². The van der Waals surface area contributed by atoms with Crippen molar-refractivity contribution in [2.45, 2.75) is 26.2 Å². The van der Waals surface area contributed by atoms with Crippen LogP contribution in [0.5, 0.6) is 5.75 Å². The minimum absolute atomic E-state index is 0.0562. The predicted molar refractivity (Wildman–Crippen MR) is 123 cm³/mol. The first kappa shape index (κ1) is 22.9. The number of aromatic nitrogens is 1. The number of Topliss-reactive ketones (excluding diaryl/α,β-unsaturated/α-hetero) is 1. The molecule has 1 amide bonds.